The summed E-state index contributed by atoms with van der Waals surface area (Å²) in [4.78, 5) is 0. The molecule has 2 aromatic heterocycles. The fraction of sp³-hybridized carbons (Fsp3) is 0.118. The van der Waals surface area contributed by atoms with Crippen LogP contribution in [0.15, 0.2) is 40.8 Å². The van der Waals surface area contributed by atoms with Crippen molar-refractivity contribution >= 4 is 28.3 Å². The fourth-order valence-electron chi connectivity index (χ4n) is 2.57. The number of benzene rings is 2. The van der Waals surface area contributed by atoms with Crippen LogP contribution in [0.5, 0.6) is 0 Å². The lowest BCUT2D eigenvalue weighted by Gasteiger charge is -2.09. The number of H-pyrrole nitrogens is 1. The van der Waals surface area contributed by atoms with Crippen molar-refractivity contribution in [2.75, 3.05) is 5.32 Å². The number of tetrazole rings is 1. The van der Waals surface area contributed by atoms with Gasteiger partial charge in [0.25, 0.3) is 0 Å². The Morgan fingerprint density at radius 3 is 2.88 bits per heavy atom. The maximum atomic E-state index is 13.3. The van der Waals surface area contributed by atoms with Gasteiger partial charge in [-0.3, -0.25) is 0 Å². The Balaban J connectivity index is 1.60. The maximum Gasteiger partial charge on any atom is 0.215 e. The van der Waals surface area contributed by atoms with E-state index < -0.39 is 0 Å². The zero-order valence-electron chi connectivity index (χ0n) is 13.2. The number of rotatable bonds is 4. The van der Waals surface area contributed by atoms with Crippen LogP contribution in [0.25, 0.3) is 22.6 Å². The van der Waals surface area contributed by atoms with Gasteiger partial charge in [-0.25, -0.2) is 9.49 Å². The summed E-state index contributed by atoms with van der Waals surface area (Å²) in [5.41, 5.74) is 2.96. The van der Waals surface area contributed by atoms with Crippen molar-refractivity contribution < 1.29 is 8.81 Å². The van der Waals surface area contributed by atoms with E-state index in [9.17, 15) is 4.39 Å². The van der Waals surface area contributed by atoms with Gasteiger partial charge in [0.05, 0.1) is 0 Å². The largest absolute Gasteiger partial charge is 0.453 e. The van der Waals surface area contributed by atoms with Crippen molar-refractivity contribution in [1.82, 2.24) is 20.6 Å². The van der Waals surface area contributed by atoms with E-state index in [1.54, 1.807) is 19.1 Å². The predicted molar refractivity (Wildman–Crippen MR) is 92.9 cm³/mol. The molecule has 0 fully saturated rings. The van der Waals surface area contributed by atoms with Gasteiger partial charge in [-0.15, -0.1) is 5.10 Å². The summed E-state index contributed by atoms with van der Waals surface area (Å²) in [5, 5.41) is 18.3. The summed E-state index contributed by atoms with van der Waals surface area (Å²) in [6.07, 6.45) is 0. The molecule has 0 atom stereocenters. The second kappa shape index (κ2) is 6.18. The summed E-state index contributed by atoms with van der Waals surface area (Å²) in [7, 11) is 0. The molecule has 0 unspecified atom stereocenters. The number of nitrogens with one attached hydrogen (secondary N) is 2. The second-order valence-corrected chi connectivity index (χ2v) is 6.07. The average Bonchev–Trinajstić information content (AvgIpc) is 3.24. The van der Waals surface area contributed by atoms with Crippen molar-refractivity contribution in [3.8, 4) is 11.6 Å². The molecular formula is C17H13ClFN5O. The van der Waals surface area contributed by atoms with E-state index in [1.165, 1.54) is 6.07 Å². The Labute approximate surface area is 147 Å². The Bertz CT molecular complexity index is 1040. The molecule has 0 saturated carbocycles. The molecular weight excluding hydrogens is 345 g/mol. The third kappa shape index (κ3) is 3.06. The number of aromatic amines is 1. The molecule has 4 rings (SSSR count). The molecule has 0 aliphatic carbocycles. The molecule has 2 heterocycles. The smallest absolute Gasteiger partial charge is 0.215 e. The number of fused-ring (bicyclic) bond motifs is 1. The molecule has 25 heavy (non-hydrogen) atoms. The van der Waals surface area contributed by atoms with Crippen LogP contribution < -0.4 is 5.32 Å². The molecule has 0 aliphatic rings. The zero-order valence-corrected chi connectivity index (χ0v) is 13.9. The van der Waals surface area contributed by atoms with Gasteiger partial charge < -0.3 is 9.73 Å². The number of aryl methyl sites for hydroxylation is 1. The van der Waals surface area contributed by atoms with Gasteiger partial charge in [-0.1, -0.05) is 11.6 Å². The summed E-state index contributed by atoms with van der Waals surface area (Å²) < 4.78 is 19.1. The third-order valence-electron chi connectivity index (χ3n) is 3.90. The number of anilines is 1. The lowest BCUT2D eigenvalue weighted by Crippen LogP contribution is -2.00. The Morgan fingerprint density at radius 1 is 1.24 bits per heavy atom. The molecule has 126 valence electrons. The van der Waals surface area contributed by atoms with Gasteiger partial charge in [0, 0.05) is 22.6 Å². The molecule has 0 aliphatic heterocycles. The monoisotopic (exact) mass is 357 g/mol. The van der Waals surface area contributed by atoms with Crippen LogP contribution in [0.1, 0.15) is 11.1 Å². The topological polar surface area (TPSA) is 79.6 Å². The predicted octanol–water partition coefficient (Wildman–Crippen LogP) is 4.33. The van der Waals surface area contributed by atoms with Gasteiger partial charge in [0.15, 0.2) is 5.76 Å². The molecule has 4 aromatic rings. The van der Waals surface area contributed by atoms with Crippen LogP contribution in [-0.2, 0) is 6.54 Å². The van der Waals surface area contributed by atoms with E-state index >= 15 is 0 Å². The average molecular weight is 358 g/mol. The van der Waals surface area contributed by atoms with Gasteiger partial charge in [0.2, 0.25) is 5.82 Å². The van der Waals surface area contributed by atoms with Gasteiger partial charge >= 0.3 is 0 Å². The SMILES string of the molecule is Cc1cc(NCc2cc3oc(-c4nnn[nH]4)cc3cc2Cl)ccc1F. The first-order chi connectivity index (χ1) is 12.1. The van der Waals surface area contributed by atoms with Crippen molar-refractivity contribution in [2.45, 2.75) is 13.5 Å². The van der Waals surface area contributed by atoms with E-state index in [0.29, 0.717) is 34.3 Å². The maximum absolute atomic E-state index is 13.3. The van der Waals surface area contributed by atoms with Crippen molar-refractivity contribution in [3.63, 3.8) is 0 Å². The van der Waals surface area contributed by atoms with Crippen molar-refractivity contribution in [2.24, 2.45) is 0 Å². The number of aromatic nitrogens is 4. The highest BCUT2D eigenvalue weighted by molar-refractivity contribution is 6.32. The van der Waals surface area contributed by atoms with E-state index in [4.69, 9.17) is 16.0 Å². The van der Waals surface area contributed by atoms with Crippen molar-refractivity contribution in [1.29, 1.82) is 0 Å². The summed E-state index contributed by atoms with van der Waals surface area (Å²) >= 11 is 6.37. The lowest BCUT2D eigenvalue weighted by molar-refractivity contribution is 0.618. The van der Waals surface area contributed by atoms with Gasteiger partial charge in [-0.2, -0.15) is 0 Å². The summed E-state index contributed by atoms with van der Waals surface area (Å²) in [6, 6.07) is 10.4. The minimum Gasteiger partial charge on any atom is -0.453 e. The Hall–Kier alpha value is -2.93. The van der Waals surface area contributed by atoms with E-state index in [-0.39, 0.29) is 5.82 Å². The Morgan fingerprint density at radius 2 is 2.12 bits per heavy atom. The second-order valence-electron chi connectivity index (χ2n) is 5.66. The normalized spacial score (nSPS) is 11.2. The summed E-state index contributed by atoms with van der Waals surface area (Å²) in [5.74, 6) is 0.763. The first-order valence-electron chi connectivity index (χ1n) is 7.56. The van der Waals surface area contributed by atoms with Crippen LogP contribution >= 0.6 is 11.6 Å². The van der Waals surface area contributed by atoms with Crippen LogP contribution in [0.2, 0.25) is 5.02 Å². The highest BCUT2D eigenvalue weighted by Crippen LogP contribution is 2.30. The minimum atomic E-state index is -0.227. The van der Waals surface area contributed by atoms with Crippen LogP contribution in [0.4, 0.5) is 10.1 Å². The number of halogens is 2. The first-order valence-corrected chi connectivity index (χ1v) is 7.94. The number of furan rings is 1. The van der Waals surface area contributed by atoms with Crippen LogP contribution in [0.3, 0.4) is 0 Å². The fourth-order valence-corrected chi connectivity index (χ4v) is 2.81. The molecule has 0 bridgehead atoms. The molecule has 8 heteroatoms. The standard InChI is InChI=1S/C17H13ClFN5O/c1-9-4-12(2-3-14(9)19)20-8-11-7-15-10(5-13(11)18)6-16(25-15)17-21-23-24-22-17/h2-7,20H,8H2,1H3,(H,21,22,23,24). The Kier molecular flexibility index (Phi) is 3.85. The molecule has 2 N–H and O–H groups in total. The quantitative estimate of drug-likeness (QED) is 0.568. The molecule has 0 spiro atoms. The highest BCUT2D eigenvalue weighted by Gasteiger charge is 2.12. The van der Waals surface area contributed by atoms with E-state index in [0.717, 1.165) is 16.6 Å². The van der Waals surface area contributed by atoms with Crippen LogP contribution in [0, 0.1) is 12.7 Å². The highest BCUT2D eigenvalue weighted by atomic mass is 35.5. The van der Waals surface area contributed by atoms with E-state index in [1.807, 2.05) is 18.2 Å². The zero-order chi connectivity index (χ0) is 17.4. The van der Waals surface area contributed by atoms with Gasteiger partial charge in [0.1, 0.15) is 11.4 Å². The molecule has 2 aromatic carbocycles. The van der Waals surface area contributed by atoms with E-state index in [2.05, 4.69) is 25.9 Å². The molecule has 6 nitrogen and oxygen atoms in total. The first kappa shape index (κ1) is 15.6. The van der Waals surface area contributed by atoms with Gasteiger partial charge in [-0.05, 0) is 64.9 Å². The molecule has 0 radical (unpaired) electrons. The molecule has 0 amide bonds. The lowest BCUT2D eigenvalue weighted by atomic mass is 10.1. The molecule has 0 saturated heterocycles. The minimum absolute atomic E-state index is 0.227. The number of nitrogens with zero attached hydrogens (tertiary/aromatic N) is 3. The number of hydrogen-bond donors (Lipinski definition) is 2. The number of hydrogen-bond acceptors (Lipinski definition) is 5. The summed E-state index contributed by atoms with van der Waals surface area (Å²) in [6.45, 7) is 2.21. The van der Waals surface area contributed by atoms with Crippen molar-refractivity contribution in [3.05, 3.63) is 58.4 Å². The van der Waals surface area contributed by atoms with Crippen LogP contribution in [-0.4, -0.2) is 20.6 Å². The third-order valence-corrected chi connectivity index (χ3v) is 4.26.